The van der Waals surface area contributed by atoms with E-state index in [4.69, 9.17) is 4.74 Å². The number of hydrogen-bond donors (Lipinski definition) is 0. The van der Waals surface area contributed by atoms with E-state index in [0.29, 0.717) is 0 Å². The molecular weight excluding hydrogens is 202 g/mol. The number of rotatable bonds is 4. The van der Waals surface area contributed by atoms with Gasteiger partial charge in [-0.05, 0) is 19.1 Å². The Kier molecular flexibility index (Phi) is 3.22. The molecule has 0 bridgehead atoms. The van der Waals surface area contributed by atoms with Gasteiger partial charge in [-0.3, -0.25) is 10.1 Å². The molecule has 1 rings (SSSR count). The molecular formula is C9H8NO5-. The Labute approximate surface area is 85.2 Å². The molecule has 0 heterocycles. The highest BCUT2D eigenvalue weighted by Gasteiger charge is 2.07. The monoisotopic (exact) mass is 210 g/mol. The number of nitrogens with zero attached hydrogens (tertiary/aromatic N) is 1. The van der Waals surface area contributed by atoms with Gasteiger partial charge in [0, 0.05) is 12.1 Å². The Morgan fingerprint density at radius 2 is 1.93 bits per heavy atom. The molecule has 0 aliphatic heterocycles. The number of carboxylic acid groups (broad SMARTS) is 1. The van der Waals surface area contributed by atoms with Gasteiger partial charge in [-0.2, -0.15) is 0 Å². The second-order valence-corrected chi connectivity index (χ2v) is 2.83. The van der Waals surface area contributed by atoms with Crippen LogP contribution in [0.15, 0.2) is 24.3 Å². The highest BCUT2D eigenvalue weighted by atomic mass is 16.6. The summed E-state index contributed by atoms with van der Waals surface area (Å²) < 4.78 is 4.93. The van der Waals surface area contributed by atoms with Crippen molar-refractivity contribution in [3.8, 4) is 5.75 Å². The van der Waals surface area contributed by atoms with Crippen molar-refractivity contribution in [3.05, 3.63) is 34.4 Å². The SMILES string of the molecule is C[C@H](Oc1ccc([N+](=O)[O-])cc1)C(=O)[O-]. The summed E-state index contributed by atoms with van der Waals surface area (Å²) >= 11 is 0. The first-order chi connectivity index (χ1) is 7.00. The molecule has 6 nitrogen and oxygen atoms in total. The number of aliphatic carboxylic acids is 1. The molecule has 1 atom stereocenters. The molecule has 0 spiro atoms. The third-order valence-electron chi connectivity index (χ3n) is 1.69. The van der Waals surface area contributed by atoms with E-state index in [0.717, 1.165) is 0 Å². The van der Waals surface area contributed by atoms with E-state index in [9.17, 15) is 20.0 Å². The third kappa shape index (κ3) is 2.94. The first kappa shape index (κ1) is 11.0. The van der Waals surface area contributed by atoms with Crippen molar-refractivity contribution in [2.24, 2.45) is 0 Å². The molecule has 80 valence electrons. The minimum absolute atomic E-state index is 0.0801. The molecule has 15 heavy (non-hydrogen) atoms. The van der Waals surface area contributed by atoms with Crippen LogP contribution in [-0.4, -0.2) is 17.0 Å². The van der Waals surface area contributed by atoms with Gasteiger partial charge < -0.3 is 14.6 Å². The molecule has 0 saturated heterocycles. The Bertz CT molecular complexity index is 373. The van der Waals surface area contributed by atoms with Gasteiger partial charge in [0.2, 0.25) is 0 Å². The summed E-state index contributed by atoms with van der Waals surface area (Å²) in [6.45, 7) is 1.32. The van der Waals surface area contributed by atoms with Gasteiger partial charge in [-0.15, -0.1) is 0 Å². The standard InChI is InChI=1S/C9H9NO5/c1-6(9(11)12)15-8-4-2-7(3-5-8)10(13)14/h2-6H,1H3,(H,11,12)/p-1/t6-/m0/s1. The molecule has 6 heteroatoms. The average Bonchev–Trinajstić information content (AvgIpc) is 2.18. The van der Waals surface area contributed by atoms with Crippen molar-refractivity contribution in [2.75, 3.05) is 0 Å². The molecule has 0 unspecified atom stereocenters. The topological polar surface area (TPSA) is 92.5 Å². The molecule has 0 fully saturated rings. The van der Waals surface area contributed by atoms with Crippen molar-refractivity contribution < 1.29 is 19.6 Å². The molecule has 0 saturated carbocycles. The predicted molar refractivity (Wildman–Crippen MR) is 48.2 cm³/mol. The molecule has 0 amide bonds. The first-order valence-corrected chi connectivity index (χ1v) is 4.12. The number of nitro benzene ring substituents is 1. The number of hydrogen-bond acceptors (Lipinski definition) is 5. The first-order valence-electron chi connectivity index (χ1n) is 4.12. The number of benzene rings is 1. The second-order valence-electron chi connectivity index (χ2n) is 2.83. The lowest BCUT2D eigenvalue weighted by atomic mass is 10.3. The van der Waals surface area contributed by atoms with E-state index < -0.39 is 17.0 Å². The lowest BCUT2D eigenvalue weighted by Crippen LogP contribution is -2.37. The summed E-state index contributed by atoms with van der Waals surface area (Å²) in [6, 6.07) is 5.13. The van der Waals surface area contributed by atoms with Crippen LogP contribution < -0.4 is 9.84 Å². The normalized spacial score (nSPS) is 11.8. The Morgan fingerprint density at radius 1 is 1.40 bits per heavy atom. The summed E-state index contributed by atoms with van der Waals surface area (Å²) in [6.07, 6.45) is -1.09. The molecule has 0 aliphatic carbocycles. The highest BCUT2D eigenvalue weighted by molar-refractivity contribution is 5.69. The number of non-ortho nitro benzene ring substituents is 1. The van der Waals surface area contributed by atoms with Gasteiger partial charge in [0.05, 0.1) is 10.9 Å². The average molecular weight is 210 g/mol. The van der Waals surface area contributed by atoms with Crippen LogP contribution in [0.4, 0.5) is 5.69 Å². The predicted octanol–water partition coefficient (Wildman–Crippen LogP) is 0.112. The Hall–Kier alpha value is -2.11. The maximum Gasteiger partial charge on any atom is 0.269 e. The van der Waals surface area contributed by atoms with E-state index in [-0.39, 0.29) is 11.4 Å². The van der Waals surface area contributed by atoms with Gasteiger partial charge in [0.1, 0.15) is 11.9 Å². The zero-order valence-corrected chi connectivity index (χ0v) is 7.88. The molecule has 0 N–H and O–H groups in total. The van der Waals surface area contributed by atoms with Crippen LogP contribution in [0, 0.1) is 10.1 Å². The minimum Gasteiger partial charge on any atom is -0.546 e. The van der Waals surface area contributed by atoms with Crippen LogP contribution in [0.3, 0.4) is 0 Å². The van der Waals surface area contributed by atoms with E-state index in [2.05, 4.69) is 0 Å². The second kappa shape index (κ2) is 4.41. The van der Waals surface area contributed by atoms with E-state index in [1.165, 1.54) is 31.2 Å². The molecule has 0 aromatic heterocycles. The fourth-order valence-electron chi connectivity index (χ4n) is 0.899. The maximum atomic E-state index is 10.3. The van der Waals surface area contributed by atoms with Gasteiger partial charge in [-0.25, -0.2) is 0 Å². The Morgan fingerprint density at radius 3 is 2.33 bits per heavy atom. The minimum atomic E-state index is -1.34. The molecule has 1 aromatic carbocycles. The zero-order valence-electron chi connectivity index (χ0n) is 7.88. The van der Waals surface area contributed by atoms with Crippen molar-refractivity contribution >= 4 is 11.7 Å². The molecule has 0 aliphatic rings. The van der Waals surface area contributed by atoms with Crippen molar-refractivity contribution in [2.45, 2.75) is 13.0 Å². The van der Waals surface area contributed by atoms with Crippen LogP contribution in [0.2, 0.25) is 0 Å². The zero-order chi connectivity index (χ0) is 11.4. The summed E-state index contributed by atoms with van der Waals surface area (Å²) in [7, 11) is 0. The summed E-state index contributed by atoms with van der Waals surface area (Å²) in [5.74, 6) is -1.09. The van der Waals surface area contributed by atoms with Crippen molar-refractivity contribution in [1.29, 1.82) is 0 Å². The van der Waals surface area contributed by atoms with Gasteiger partial charge in [0.15, 0.2) is 0 Å². The van der Waals surface area contributed by atoms with Crippen LogP contribution >= 0.6 is 0 Å². The smallest absolute Gasteiger partial charge is 0.269 e. The number of carbonyl (C=O) groups excluding carboxylic acids is 1. The van der Waals surface area contributed by atoms with Gasteiger partial charge >= 0.3 is 0 Å². The summed E-state index contributed by atoms with van der Waals surface area (Å²) in [5.41, 5.74) is -0.0801. The summed E-state index contributed by atoms with van der Waals surface area (Å²) in [4.78, 5) is 20.1. The van der Waals surface area contributed by atoms with Gasteiger partial charge in [0.25, 0.3) is 5.69 Å². The fraction of sp³-hybridized carbons (Fsp3) is 0.222. The van der Waals surface area contributed by atoms with Crippen molar-refractivity contribution in [3.63, 3.8) is 0 Å². The van der Waals surface area contributed by atoms with E-state index in [1.807, 2.05) is 0 Å². The molecule has 0 radical (unpaired) electrons. The lowest BCUT2D eigenvalue weighted by molar-refractivity contribution is -0.384. The van der Waals surface area contributed by atoms with E-state index in [1.54, 1.807) is 0 Å². The van der Waals surface area contributed by atoms with Crippen LogP contribution in [0.25, 0.3) is 0 Å². The van der Waals surface area contributed by atoms with Crippen LogP contribution in [-0.2, 0) is 4.79 Å². The number of nitro groups is 1. The third-order valence-corrected chi connectivity index (χ3v) is 1.69. The van der Waals surface area contributed by atoms with E-state index >= 15 is 0 Å². The quantitative estimate of drug-likeness (QED) is 0.519. The molecule has 1 aromatic rings. The lowest BCUT2D eigenvalue weighted by Gasteiger charge is -2.14. The number of ether oxygens (including phenoxy) is 1. The number of carboxylic acids is 1. The van der Waals surface area contributed by atoms with Gasteiger partial charge in [-0.1, -0.05) is 0 Å². The maximum absolute atomic E-state index is 10.3. The van der Waals surface area contributed by atoms with Crippen LogP contribution in [0.1, 0.15) is 6.92 Å². The summed E-state index contributed by atoms with van der Waals surface area (Å²) in [5, 5.41) is 20.6. The number of carbonyl (C=O) groups is 1. The fourth-order valence-corrected chi connectivity index (χ4v) is 0.899. The van der Waals surface area contributed by atoms with Crippen molar-refractivity contribution in [1.82, 2.24) is 0 Å². The Balaban J connectivity index is 2.72. The highest BCUT2D eigenvalue weighted by Crippen LogP contribution is 2.18. The largest absolute Gasteiger partial charge is 0.546 e. The van der Waals surface area contributed by atoms with Crippen LogP contribution in [0.5, 0.6) is 5.75 Å².